The van der Waals surface area contributed by atoms with E-state index in [-0.39, 0.29) is 11.4 Å². The first kappa shape index (κ1) is 12.5. The van der Waals surface area contributed by atoms with Crippen molar-refractivity contribution in [1.29, 1.82) is 0 Å². The van der Waals surface area contributed by atoms with Crippen molar-refractivity contribution < 1.29 is 4.79 Å². The predicted octanol–water partition coefficient (Wildman–Crippen LogP) is 2.64. The van der Waals surface area contributed by atoms with Gasteiger partial charge in [0.25, 0.3) is 0 Å². The smallest absolute Gasteiger partial charge is 0.222 e. The third kappa shape index (κ3) is 4.30. The zero-order valence-corrected chi connectivity index (χ0v) is 9.39. The first-order valence-corrected chi connectivity index (χ1v) is 5.03. The minimum absolute atomic E-state index is 0.0533. The van der Waals surface area contributed by atoms with Gasteiger partial charge in [-0.2, -0.15) is 0 Å². The fourth-order valence-corrected chi connectivity index (χ4v) is 1.34. The van der Waals surface area contributed by atoms with Crippen LogP contribution >= 0.6 is 0 Å². The summed E-state index contributed by atoms with van der Waals surface area (Å²) in [4.78, 5) is 13.6. The molecule has 0 aromatic carbocycles. The van der Waals surface area contributed by atoms with Crippen LogP contribution in [0.1, 0.15) is 47.0 Å². The van der Waals surface area contributed by atoms with Crippen LogP contribution in [0.5, 0.6) is 0 Å². The molecule has 0 atom stereocenters. The van der Waals surface area contributed by atoms with Crippen LogP contribution in [-0.2, 0) is 4.79 Å². The van der Waals surface area contributed by atoms with E-state index in [0.717, 1.165) is 13.0 Å². The Labute approximate surface area is 82.3 Å². The topological polar surface area (TPSA) is 20.3 Å². The van der Waals surface area contributed by atoms with E-state index < -0.39 is 0 Å². The predicted molar refractivity (Wildman–Crippen MR) is 56.3 cm³/mol. The number of nitrogens with zero attached hydrogens (tertiary/aromatic N) is 1. The summed E-state index contributed by atoms with van der Waals surface area (Å²) in [5.74, 6) is 0.226. The summed E-state index contributed by atoms with van der Waals surface area (Å²) >= 11 is 0. The lowest BCUT2D eigenvalue weighted by molar-refractivity contribution is -0.135. The minimum atomic E-state index is -0.0533. The molecule has 0 aliphatic carbocycles. The Morgan fingerprint density at radius 1 is 1.38 bits per heavy atom. The highest BCUT2D eigenvalue weighted by atomic mass is 16.2. The number of hydrogen-bond donors (Lipinski definition) is 0. The van der Waals surface area contributed by atoms with Crippen molar-refractivity contribution in [2.75, 3.05) is 6.54 Å². The third-order valence-electron chi connectivity index (χ3n) is 1.95. The van der Waals surface area contributed by atoms with Gasteiger partial charge in [0.2, 0.25) is 5.91 Å². The van der Waals surface area contributed by atoms with Gasteiger partial charge >= 0.3 is 0 Å². The number of carbonyl (C=O) groups excluding carboxylic acids is 1. The summed E-state index contributed by atoms with van der Waals surface area (Å²) in [6.07, 6.45) is 2.27. The highest BCUT2D eigenvalue weighted by Gasteiger charge is 2.24. The lowest BCUT2D eigenvalue weighted by Gasteiger charge is -2.35. The number of carbonyl (C=O) groups is 1. The molecule has 0 bridgehead atoms. The van der Waals surface area contributed by atoms with Gasteiger partial charge in [-0.15, -0.1) is 0 Å². The van der Waals surface area contributed by atoms with E-state index in [1.54, 1.807) is 0 Å². The highest BCUT2D eigenvalue weighted by molar-refractivity contribution is 5.76. The molecular formula is C11H22NO. The molecule has 1 amide bonds. The Hall–Kier alpha value is -0.530. The Kier molecular flexibility index (Phi) is 5.04. The van der Waals surface area contributed by atoms with Crippen LogP contribution in [0.4, 0.5) is 0 Å². The standard InChI is InChI=1S/C11H22NO/c1-6-8-10(13)12(9-7-2)11(3,4)5/h1,6-9H2,2-5H3. The van der Waals surface area contributed by atoms with Gasteiger partial charge in [-0.25, -0.2) is 0 Å². The second-order valence-electron chi connectivity index (χ2n) is 4.32. The van der Waals surface area contributed by atoms with Gasteiger partial charge in [-0.05, 0) is 33.6 Å². The molecule has 1 radical (unpaired) electrons. The molecule has 77 valence electrons. The highest BCUT2D eigenvalue weighted by Crippen LogP contribution is 2.15. The summed E-state index contributed by atoms with van der Waals surface area (Å²) < 4.78 is 0. The molecule has 0 aromatic heterocycles. The van der Waals surface area contributed by atoms with Crippen molar-refractivity contribution in [3.63, 3.8) is 0 Å². The summed E-state index contributed by atoms with van der Waals surface area (Å²) in [5, 5.41) is 0. The van der Waals surface area contributed by atoms with Crippen molar-refractivity contribution in [2.45, 2.75) is 52.5 Å². The van der Waals surface area contributed by atoms with E-state index in [4.69, 9.17) is 0 Å². The molecule has 0 aliphatic rings. The van der Waals surface area contributed by atoms with Crippen molar-refractivity contribution in [3.8, 4) is 0 Å². The number of amides is 1. The molecule has 13 heavy (non-hydrogen) atoms. The third-order valence-corrected chi connectivity index (χ3v) is 1.95. The Morgan fingerprint density at radius 3 is 2.23 bits per heavy atom. The van der Waals surface area contributed by atoms with Crippen LogP contribution in [0.3, 0.4) is 0 Å². The molecule has 2 heteroatoms. The average Bonchev–Trinajstić information content (AvgIpc) is 1.98. The molecule has 0 aliphatic heterocycles. The molecule has 0 rings (SSSR count). The Bertz CT molecular complexity index is 158. The van der Waals surface area contributed by atoms with Crippen LogP contribution in [0.2, 0.25) is 0 Å². The second kappa shape index (κ2) is 5.25. The zero-order chi connectivity index (χ0) is 10.5. The van der Waals surface area contributed by atoms with Gasteiger partial charge in [0.05, 0.1) is 0 Å². The van der Waals surface area contributed by atoms with Gasteiger partial charge in [0.1, 0.15) is 0 Å². The van der Waals surface area contributed by atoms with E-state index >= 15 is 0 Å². The van der Waals surface area contributed by atoms with Gasteiger partial charge < -0.3 is 4.90 Å². The minimum Gasteiger partial charge on any atom is -0.338 e. The van der Waals surface area contributed by atoms with Crippen LogP contribution in [-0.4, -0.2) is 22.9 Å². The van der Waals surface area contributed by atoms with E-state index in [9.17, 15) is 4.79 Å². The molecule has 0 N–H and O–H groups in total. The van der Waals surface area contributed by atoms with Crippen LogP contribution in [0.15, 0.2) is 0 Å². The molecule has 0 heterocycles. The molecule has 0 aromatic rings. The van der Waals surface area contributed by atoms with Gasteiger partial charge in [0.15, 0.2) is 0 Å². The van der Waals surface area contributed by atoms with E-state index in [1.165, 1.54) is 0 Å². The van der Waals surface area contributed by atoms with Crippen LogP contribution < -0.4 is 0 Å². The van der Waals surface area contributed by atoms with Gasteiger partial charge in [-0.1, -0.05) is 13.8 Å². The lowest BCUT2D eigenvalue weighted by Crippen LogP contribution is -2.45. The quantitative estimate of drug-likeness (QED) is 0.657. The summed E-state index contributed by atoms with van der Waals surface area (Å²) in [6, 6.07) is 0. The molecular weight excluding hydrogens is 162 g/mol. The average molecular weight is 184 g/mol. The van der Waals surface area contributed by atoms with Gasteiger partial charge in [-0.3, -0.25) is 4.79 Å². The van der Waals surface area contributed by atoms with Crippen molar-refractivity contribution in [2.24, 2.45) is 0 Å². The first-order valence-electron chi connectivity index (χ1n) is 5.03. The maximum Gasteiger partial charge on any atom is 0.222 e. The molecule has 0 saturated carbocycles. The number of hydrogen-bond acceptors (Lipinski definition) is 1. The molecule has 0 saturated heterocycles. The maximum absolute atomic E-state index is 11.7. The normalized spacial score (nSPS) is 11.5. The van der Waals surface area contributed by atoms with Crippen LogP contribution in [0, 0.1) is 6.92 Å². The van der Waals surface area contributed by atoms with Crippen LogP contribution in [0.25, 0.3) is 0 Å². The SMILES string of the molecule is [CH2]CCC(=O)N(CCC)C(C)(C)C. The van der Waals surface area contributed by atoms with E-state index in [1.807, 2.05) is 4.90 Å². The molecule has 0 fully saturated rings. The fraction of sp³-hybridized carbons (Fsp3) is 0.818. The fourth-order valence-electron chi connectivity index (χ4n) is 1.34. The largest absolute Gasteiger partial charge is 0.338 e. The molecule has 0 unspecified atom stereocenters. The van der Waals surface area contributed by atoms with Crippen molar-refractivity contribution >= 4 is 5.91 Å². The summed E-state index contributed by atoms with van der Waals surface area (Å²) in [7, 11) is 0. The van der Waals surface area contributed by atoms with E-state index in [0.29, 0.717) is 12.8 Å². The maximum atomic E-state index is 11.7. The summed E-state index contributed by atoms with van der Waals surface area (Å²) in [6.45, 7) is 12.9. The van der Waals surface area contributed by atoms with E-state index in [2.05, 4.69) is 34.6 Å². The molecule has 0 spiro atoms. The first-order chi connectivity index (χ1) is 5.93. The summed E-state index contributed by atoms with van der Waals surface area (Å²) in [5.41, 5.74) is -0.0533. The molecule has 2 nitrogen and oxygen atoms in total. The van der Waals surface area contributed by atoms with Crippen molar-refractivity contribution in [1.82, 2.24) is 4.90 Å². The van der Waals surface area contributed by atoms with Gasteiger partial charge in [0, 0.05) is 18.5 Å². The Morgan fingerprint density at radius 2 is 1.92 bits per heavy atom. The zero-order valence-electron chi connectivity index (χ0n) is 9.39. The second-order valence-corrected chi connectivity index (χ2v) is 4.32. The Balaban J connectivity index is 4.33. The monoisotopic (exact) mass is 184 g/mol. The number of rotatable bonds is 4. The lowest BCUT2D eigenvalue weighted by atomic mass is 10.0. The van der Waals surface area contributed by atoms with Crippen molar-refractivity contribution in [3.05, 3.63) is 6.92 Å².